The first kappa shape index (κ1) is 13.4. The number of urea groups is 1. The maximum Gasteiger partial charge on any atom is 0.317 e. The third-order valence-electron chi connectivity index (χ3n) is 4.58. The van der Waals surface area contributed by atoms with Gasteiger partial charge in [-0.25, -0.2) is 4.79 Å². The van der Waals surface area contributed by atoms with E-state index in [1.807, 2.05) is 29.3 Å². The van der Waals surface area contributed by atoms with E-state index in [1.54, 1.807) is 0 Å². The van der Waals surface area contributed by atoms with E-state index in [4.69, 9.17) is 0 Å². The molecule has 4 heteroatoms. The standard InChI is InChI=1S/C16H23N3O/c20-16(18-10-8-13-5-1-2-6-13)19-11-14(12-19)15-7-3-4-9-17-15/h3-4,7,9,13-14H,1-2,5-6,8,10-12H2,(H,18,20). The fourth-order valence-corrected chi connectivity index (χ4v) is 3.24. The summed E-state index contributed by atoms with van der Waals surface area (Å²) in [5.74, 6) is 1.25. The molecule has 0 atom stereocenters. The molecule has 0 unspecified atom stereocenters. The zero-order valence-corrected chi connectivity index (χ0v) is 11.9. The molecule has 1 aromatic heterocycles. The van der Waals surface area contributed by atoms with Gasteiger partial charge in [-0.15, -0.1) is 0 Å². The Hall–Kier alpha value is -1.58. The molecule has 2 amide bonds. The van der Waals surface area contributed by atoms with Crippen LogP contribution in [0.5, 0.6) is 0 Å². The first-order valence-corrected chi connectivity index (χ1v) is 7.76. The van der Waals surface area contributed by atoms with Crippen molar-refractivity contribution in [3.05, 3.63) is 30.1 Å². The van der Waals surface area contributed by atoms with Crippen molar-refractivity contribution in [2.45, 2.75) is 38.0 Å². The van der Waals surface area contributed by atoms with Crippen LogP contribution in [0, 0.1) is 5.92 Å². The molecule has 2 fully saturated rings. The van der Waals surface area contributed by atoms with Gasteiger partial charge in [-0.05, 0) is 24.5 Å². The molecule has 0 spiro atoms. The summed E-state index contributed by atoms with van der Waals surface area (Å²) in [6, 6.07) is 6.07. The number of pyridine rings is 1. The predicted molar refractivity (Wildman–Crippen MR) is 78.5 cm³/mol. The number of rotatable bonds is 4. The highest BCUT2D eigenvalue weighted by atomic mass is 16.2. The van der Waals surface area contributed by atoms with Gasteiger partial charge in [-0.3, -0.25) is 4.98 Å². The summed E-state index contributed by atoms with van der Waals surface area (Å²) in [5, 5.41) is 3.05. The lowest BCUT2D eigenvalue weighted by Gasteiger charge is -2.38. The molecule has 3 rings (SSSR count). The molecule has 0 bridgehead atoms. The molecule has 0 radical (unpaired) electrons. The number of nitrogens with zero attached hydrogens (tertiary/aromatic N) is 2. The summed E-state index contributed by atoms with van der Waals surface area (Å²) < 4.78 is 0. The number of aromatic nitrogens is 1. The van der Waals surface area contributed by atoms with Gasteiger partial charge in [0.2, 0.25) is 0 Å². The van der Waals surface area contributed by atoms with Gasteiger partial charge >= 0.3 is 6.03 Å². The molecule has 108 valence electrons. The fourth-order valence-electron chi connectivity index (χ4n) is 3.24. The van der Waals surface area contributed by atoms with Crippen molar-refractivity contribution >= 4 is 6.03 Å². The van der Waals surface area contributed by atoms with Crippen LogP contribution in [0.4, 0.5) is 4.79 Å². The SMILES string of the molecule is O=C(NCCC1CCCC1)N1CC(c2ccccn2)C1. The number of hydrogen-bond donors (Lipinski definition) is 1. The van der Waals surface area contributed by atoms with Crippen molar-refractivity contribution in [3.8, 4) is 0 Å². The van der Waals surface area contributed by atoms with E-state index in [0.29, 0.717) is 5.92 Å². The predicted octanol–water partition coefficient (Wildman–Crippen LogP) is 2.77. The van der Waals surface area contributed by atoms with E-state index in [1.165, 1.54) is 25.7 Å². The Kier molecular flexibility index (Phi) is 4.19. The van der Waals surface area contributed by atoms with Crippen LogP contribution in [0.1, 0.15) is 43.7 Å². The number of likely N-dealkylation sites (tertiary alicyclic amines) is 1. The highest BCUT2D eigenvalue weighted by Gasteiger charge is 2.32. The monoisotopic (exact) mass is 273 g/mol. The maximum absolute atomic E-state index is 12.0. The molecule has 2 aliphatic rings. The topological polar surface area (TPSA) is 45.2 Å². The molecular formula is C16H23N3O. The van der Waals surface area contributed by atoms with Crippen LogP contribution < -0.4 is 5.32 Å². The van der Waals surface area contributed by atoms with Crippen LogP contribution in [-0.4, -0.2) is 35.5 Å². The Morgan fingerprint density at radius 2 is 2.10 bits per heavy atom. The zero-order chi connectivity index (χ0) is 13.8. The number of carbonyl (C=O) groups is 1. The molecule has 2 heterocycles. The van der Waals surface area contributed by atoms with E-state index in [-0.39, 0.29) is 6.03 Å². The number of amides is 2. The molecule has 1 aliphatic heterocycles. The Morgan fingerprint density at radius 3 is 2.80 bits per heavy atom. The van der Waals surface area contributed by atoms with E-state index < -0.39 is 0 Å². The summed E-state index contributed by atoms with van der Waals surface area (Å²) in [5.41, 5.74) is 1.10. The van der Waals surface area contributed by atoms with Crippen LogP contribution in [-0.2, 0) is 0 Å². The molecule has 1 aromatic rings. The Bertz CT molecular complexity index is 436. The average molecular weight is 273 g/mol. The number of carbonyl (C=O) groups excluding carboxylic acids is 1. The second-order valence-electron chi connectivity index (χ2n) is 6.03. The van der Waals surface area contributed by atoms with Crippen LogP contribution in [0.2, 0.25) is 0 Å². The molecular weight excluding hydrogens is 250 g/mol. The summed E-state index contributed by atoms with van der Waals surface area (Å²) in [7, 11) is 0. The summed E-state index contributed by atoms with van der Waals surface area (Å²) in [6.45, 7) is 2.42. The van der Waals surface area contributed by atoms with Gasteiger partial charge in [0.25, 0.3) is 0 Å². The van der Waals surface area contributed by atoms with Gasteiger partial charge < -0.3 is 10.2 Å². The quantitative estimate of drug-likeness (QED) is 0.917. The van der Waals surface area contributed by atoms with Crippen molar-refractivity contribution in [2.24, 2.45) is 5.92 Å². The van der Waals surface area contributed by atoms with Gasteiger partial charge in [0.1, 0.15) is 0 Å². The van der Waals surface area contributed by atoms with Gasteiger partial charge in [-0.1, -0.05) is 31.7 Å². The third-order valence-corrected chi connectivity index (χ3v) is 4.58. The lowest BCUT2D eigenvalue weighted by molar-refractivity contribution is 0.149. The molecule has 20 heavy (non-hydrogen) atoms. The summed E-state index contributed by atoms with van der Waals surface area (Å²) >= 11 is 0. The van der Waals surface area contributed by atoms with E-state index >= 15 is 0 Å². The smallest absolute Gasteiger partial charge is 0.317 e. The Labute approximate surface area is 120 Å². The minimum Gasteiger partial charge on any atom is -0.338 e. The highest BCUT2D eigenvalue weighted by Crippen LogP contribution is 2.27. The average Bonchev–Trinajstić information content (AvgIpc) is 2.91. The van der Waals surface area contributed by atoms with Crippen LogP contribution in [0.3, 0.4) is 0 Å². The van der Waals surface area contributed by atoms with Crippen molar-refractivity contribution < 1.29 is 4.79 Å². The lowest BCUT2D eigenvalue weighted by Crippen LogP contribution is -2.52. The van der Waals surface area contributed by atoms with Crippen molar-refractivity contribution in [3.63, 3.8) is 0 Å². The van der Waals surface area contributed by atoms with Crippen molar-refractivity contribution in [1.82, 2.24) is 15.2 Å². The van der Waals surface area contributed by atoms with Gasteiger partial charge in [0, 0.05) is 37.4 Å². The van der Waals surface area contributed by atoms with Crippen LogP contribution in [0.25, 0.3) is 0 Å². The van der Waals surface area contributed by atoms with E-state index in [0.717, 1.165) is 37.7 Å². The Morgan fingerprint density at radius 1 is 1.30 bits per heavy atom. The second kappa shape index (κ2) is 6.25. The fraction of sp³-hybridized carbons (Fsp3) is 0.625. The second-order valence-corrected chi connectivity index (χ2v) is 6.03. The molecule has 1 saturated heterocycles. The van der Waals surface area contributed by atoms with Crippen molar-refractivity contribution in [1.29, 1.82) is 0 Å². The van der Waals surface area contributed by atoms with Crippen LogP contribution in [0.15, 0.2) is 24.4 Å². The third kappa shape index (κ3) is 3.11. The van der Waals surface area contributed by atoms with Crippen molar-refractivity contribution in [2.75, 3.05) is 19.6 Å². The number of nitrogens with one attached hydrogen (secondary N) is 1. The van der Waals surface area contributed by atoms with Gasteiger partial charge in [-0.2, -0.15) is 0 Å². The van der Waals surface area contributed by atoms with E-state index in [2.05, 4.69) is 10.3 Å². The maximum atomic E-state index is 12.0. The lowest BCUT2D eigenvalue weighted by atomic mass is 9.96. The summed E-state index contributed by atoms with van der Waals surface area (Å²) in [6.07, 6.45) is 8.40. The molecule has 1 saturated carbocycles. The molecule has 4 nitrogen and oxygen atoms in total. The highest BCUT2D eigenvalue weighted by molar-refractivity contribution is 5.75. The van der Waals surface area contributed by atoms with Gasteiger partial charge in [0.05, 0.1) is 0 Å². The Balaban J connectivity index is 1.35. The molecule has 1 aliphatic carbocycles. The minimum atomic E-state index is 0.0928. The minimum absolute atomic E-state index is 0.0928. The van der Waals surface area contributed by atoms with E-state index in [9.17, 15) is 4.79 Å². The largest absolute Gasteiger partial charge is 0.338 e. The molecule has 1 N–H and O–H groups in total. The summed E-state index contributed by atoms with van der Waals surface area (Å²) in [4.78, 5) is 18.2. The normalized spacial score (nSPS) is 19.9. The van der Waals surface area contributed by atoms with Crippen LogP contribution >= 0.6 is 0 Å². The van der Waals surface area contributed by atoms with Gasteiger partial charge in [0.15, 0.2) is 0 Å². The first-order valence-electron chi connectivity index (χ1n) is 7.76. The molecule has 0 aromatic carbocycles. The first-order chi connectivity index (χ1) is 9.83. The number of hydrogen-bond acceptors (Lipinski definition) is 2. The zero-order valence-electron chi connectivity index (χ0n) is 11.9.